The van der Waals surface area contributed by atoms with Crippen LogP contribution in [0.2, 0.25) is 5.02 Å². The highest BCUT2D eigenvalue weighted by Crippen LogP contribution is 2.23. The molecule has 1 aromatic carbocycles. The van der Waals surface area contributed by atoms with Gasteiger partial charge in [-0.25, -0.2) is 9.37 Å². The maximum atomic E-state index is 13.4. The average molecular weight is 360 g/mol. The lowest BCUT2D eigenvalue weighted by Gasteiger charge is -2.10. The van der Waals surface area contributed by atoms with Crippen molar-refractivity contribution in [3.05, 3.63) is 51.3 Å². The zero-order valence-electron chi connectivity index (χ0n) is 10.8. The first-order valence-electron chi connectivity index (χ1n) is 6.07. The monoisotopic (exact) mass is 358 g/mol. The molecule has 0 unspecified atom stereocenters. The van der Waals surface area contributed by atoms with Gasteiger partial charge >= 0.3 is 0 Å². The van der Waals surface area contributed by atoms with Crippen molar-refractivity contribution in [1.29, 1.82) is 0 Å². The average Bonchev–Trinajstić information content (AvgIpc) is 2.43. The number of halogens is 3. The van der Waals surface area contributed by atoms with E-state index in [1.54, 1.807) is 24.3 Å². The highest BCUT2D eigenvalue weighted by Gasteiger charge is 2.06. The molecule has 106 valence electrons. The van der Waals surface area contributed by atoms with Crippen LogP contribution in [-0.4, -0.2) is 11.5 Å². The number of anilines is 1. The minimum atomic E-state index is -0.372. The van der Waals surface area contributed by atoms with Crippen molar-refractivity contribution in [1.82, 2.24) is 4.98 Å². The molecule has 0 radical (unpaired) electrons. The number of benzene rings is 1. The van der Waals surface area contributed by atoms with Gasteiger partial charge in [0, 0.05) is 12.6 Å². The molecule has 3 nitrogen and oxygen atoms in total. The number of ether oxygens (including phenoxy) is 1. The Balaban J connectivity index is 2.09. The molecule has 0 fully saturated rings. The molecule has 0 aliphatic rings. The predicted molar refractivity (Wildman–Crippen MR) is 81.8 cm³/mol. The zero-order valence-corrected chi connectivity index (χ0v) is 13.1. The van der Waals surface area contributed by atoms with Crippen molar-refractivity contribution in [3.8, 4) is 5.75 Å². The Morgan fingerprint density at radius 1 is 1.35 bits per heavy atom. The number of pyridine rings is 1. The van der Waals surface area contributed by atoms with Crippen LogP contribution in [-0.2, 0) is 6.61 Å². The van der Waals surface area contributed by atoms with Crippen molar-refractivity contribution < 1.29 is 9.13 Å². The summed E-state index contributed by atoms with van der Waals surface area (Å²) >= 11 is 9.16. The van der Waals surface area contributed by atoms with Gasteiger partial charge in [-0.1, -0.05) is 11.6 Å². The van der Waals surface area contributed by atoms with Crippen molar-refractivity contribution in [2.45, 2.75) is 13.5 Å². The lowest BCUT2D eigenvalue weighted by molar-refractivity contribution is 0.300. The van der Waals surface area contributed by atoms with E-state index in [0.717, 1.165) is 12.4 Å². The molecule has 0 saturated heterocycles. The van der Waals surface area contributed by atoms with E-state index in [0.29, 0.717) is 20.9 Å². The molecule has 0 saturated carbocycles. The van der Waals surface area contributed by atoms with Gasteiger partial charge in [0.15, 0.2) is 0 Å². The summed E-state index contributed by atoms with van der Waals surface area (Å²) in [6.07, 6.45) is 0. The van der Waals surface area contributed by atoms with Crippen LogP contribution in [0, 0.1) is 5.82 Å². The fourth-order valence-corrected chi connectivity index (χ4v) is 1.99. The maximum absolute atomic E-state index is 13.4. The molecular formula is C14H13BrClFN2O. The van der Waals surface area contributed by atoms with E-state index in [9.17, 15) is 4.39 Å². The SMILES string of the molecule is CCNc1ccc(Cl)c(COc2ccc(Br)c(F)c2)n1. The number of aromatic nitrogens is 1. The zero-order chi connectivity index (χ0) is 14.5. The van der Waals surface area contributed by atoms with Gasteiger partial charge in [0.25, 0.3) is 0 Å². The number of rotatable bonds is 5. The first-order chi connectivity index (χ1) is 9.60. The summed E-state index contributed by atoms with van der Waals surface area (Å²) in [7, 11) is 0. The molecule has 0 aliphatic heterocycles. The summed E-state index contributed by atoms with van der Waals surface area (Å²) in [6, 6.07) is 8.14. The standard InChI is InChI=1S/C14H13BrClFN2O/c1-2-18-14-6-5-11(16)13(19-14)8-20-9-3-4-10(15)12(17)7-9/h3-7H,2,8H2,1H3,(H,18,19). The second kappa shape index (κ2) is 6.90. The van der Waals surface area contributed by atoms with Crippen LogP contribution >= 0.6 is 27.5 Å². The van der Waals surface area contributed by atoms with Gasteiger partial charge in [-0.05, 0) is 47.1 Å². The summed E-state index contributed by atoms with van der Waals surface area (Å²) in [4.78, 5) is 4.35. The largest absolute Gasteiger partial charge is 0.487 e. The lowest BCUT2D eigenvalue weighted by Crippen LogP contribution is -2.04. The Kier molecular flexibility index (Phi) is 5.20. The van der Waals surface area contributed by atoms with Gasteiger partial charge in [-0.15, -0.1) is 0 Å². The molecule has 0 bridgehead atoms. The number of nitrogens with one attached hydrogen (secondary N) is 1. The van der Waals surface area contributed by atoms with Gasteiger partial charge < -0.3 is 10.1 Å². The van der Waals surface area contributed by atoms with Crippen LogP contribution in [0.1, 0.15) is 12.6 Å². The fourth-order valence-electron chi connectivity index (χ4n) is 1.58. The Hall–Kier alpha value is -1.33. The third-order valence-corrected chi connectivity index (χ3v) is 3.53. The number of hydrogen-bond acceptors (Lipinski definition) is 3. The minimum absolute atomic E-state index is 0.180. The molecule has 0 aliphatic carbocycles. The fraction of sp³-hybridized carbons (Fsp3) is 0.214. The molecular weight excluding hydrogens is 347 g/mol. The summed E-state index contributed by atoms with van der Waals surface area (Å²) in [5, 5.41) is 3.62. The predicted octanol–water partition coefficient (Wildman–Crippen LogP) is 4.65. The topological polar surface area (TPSA) is 34.1 Å². The molecule has 1 N–H and O–H groups in total. The Labute approximate surface area is 130 Å². The van der Waals surface area contributed by atoms with Gasteiger partial charge in [-0.2, -0.15) is 0 Å². The van der Waals surface area contributed by atoms with E-state index in [1.807, 2.05) is 6.92 Å². The molecule has 20 heavy (non-hydrogen) atoms. The Morgan fingerprint density at radius 2 is 2.15 bits per heavy atom. The van der Waals surface area contributed by atoms with Crippen LogP contribution in [0.25, 0.3) is 0 Å². The molecule has 6 heteroatoms. The third kappa shape index (κ3) is 3.84. The third-order valence-electron chi connectivity index (χ3n) is 2.54. The second-order valence-corrected chi connectivity index (χ2v) is 5.28. The molecule has 0 amide bonds. The van der Waals surface area contributed by atoms with E-state index in [-0.39, 0.29) is 12.4 Å². The first-order valence-corrected chi connectivity index (χ1v) is 7.24. The van der Waals surface area contributed by atoms with E-state index in [1.165, 1.54) is 6.07 Å². The number of nitrogens with zero attached hydrogens (tertiary/aromatic N) is 1. The molecule has 2 rings (SSSR count). The quantitative estimate of drug-likeness (QED) is 0.844. The van der Waals surface area contributed by atoms with E-state index >= 15 is 0 Å². The normalized spacial score (nSPS) is 10.4. The maximum Gasteiger partial charge on any atom is 0.141 e. The van der Waals surface area contributed by atoms with Gasteiger partial charge in [-0.3, -0.25) is 0 Å². The molecule has 1 heterocycles. The van der Waals surface area contributed by atoms with Crippen LogP contribution < -0.4 is 10.1 Å². The summed E-state index contributed by atoms with van der Waals surface area (Å²) < 4.78 is 19.3. The second-order valence-electron chi connectivity index (χ2n) is 4.02. The van der Waals surface area contributed by atoms with Crippen LogP contribution in [0.5, 0.6) is 5.75 Å². The molecule has 0 spiro atoms. The van der Waals surface area contributed by atoms with Crippen molar-refractivity contribution in [2.75, 3.05) is 11.9 Å². The van der Waals surface area contributed by atoms with Crippen LogP contribution in [0.4, 0.5) is 10.2 Å². The molecule has 1 aromatic heterocycles. The van der Waals surface area contributed by atoms with Crippen LogP contribution in [0.15, 0.2) is 34.8 Å². The van der Waals surface area contributed by atoms with E-state index in [4.69, 9.17) is 16.3 Å². The van der Waals surface area contributed by atoms with Crippen molar-refractivity contribution >= 4 is 33.3 Å². The lowest BCUT2D eigenvalue weighted by atomic mass is 10.3. The van der Waals surface area contributed by atoms with Crippen molar-refractivity contribution in [2.24, 2.45) is 0 Å². The van der Waals surface area contributed by atoms with Gasteiger partial charge in [0.1, 0.15) is 24.0 Å². The smallest absolute Gasteiger partial charge is 0.141 e. The molecule has 0 atom stereocenters. The first kappa shape index (κ1) is 15.1. The summed E-state index contributed by atoms with van der Waals surface area (Å²) in [5.41, 5.74) is 0.605. The van der Waals surface area contributed by atoms with E-state index in [2.05, 4.69) is 26.2 Å². The summed E-state index contributed by atoms with van der Waals surface area (Å²) in [6.45, 7) is 2.93. The number of hydrogen-bond donors (Lipinski definition) is 1. The Bertz CT molecular complexity index is 610. The van der Waals surface area contributed by atoms with Gasteiger partial charge in [0.05, 0.1) is 15.2 Å². The summed E-state index contributed by atoms with van der Waals surface area (Å²) in [5.74, 6) is 0.790. The minimum Gasteiger partial charge on any atom is -0.487 e. The van der Waals surface area contributed by atoms with E-state index < -0.39 is 0 Å². The Morgan fingerprint density at radius 3 is 2.85 bits per heavy atom. The molecule has 2 aromatic rings. The highest BCUT2D eigenvalue weighted by molar-refractivity contribution is 9.10. The van der Waals surface area contributed by atoms with Crippen LogP contribution in [0.3, 0.4) is 0 Å². The van der Waals surface area contributed by atoms with Crippen molar-refractivity contribution in [3.63, 3.8) is 0 Å². The van der Waals surface area contributed by atoms with Gasteiger partial charge in [0.2, 0.25) is 0 Å². The highest BCUT2D eigenvalue weighted by atomic mass is 79.9.